The first kappa shape index (κ1) is 12.8. The highest BCUT2D eigenvalue weighted by Gasteiger charge is 2.25. The molecule has 0 amide bonds. The Morgan fingerprint density at radius 2 is 1.50 bits per heavy atom. The third-order valence-electron chi connectivity index (χ3n) is 3.69. The molecule has 0 radical (unpaired) electrons. The molecule has 84 valence electrons. The lowest BCUT2D eigenvalue weighted by Gasteiger charge is -2.32. The maximum absolute atomic E-state index is 2.63. The Morgan fingerprint density at radius 1 is 1.00 bits per heavy atom. The second-order valence-electron chi connectivity index (χ2n) is 4.85. The molecule has 0 heterocycles. The van der Waals surface area contributed by atoms with Crippen LogP contribution in [0.3, 0.4) is 0 Å². The van der Waals surface area contributed by atoms with Gasteiger partial charge in [-0.3, -0.25) is 0 Å². The molecule has 0 aromatic heterocycles. The highest BCUT2D eigenvalue weighted by molar-refractivity contribution is 14.1. The number of hydrogen-bond donors (Lipinski definition) is 0. The van der Waals surface area contributed by atoms with Crippen LogP contribution in [0.25, 0.3) is 0 Å². The lowest BCUT2D eigenvalue weighted by molar-refractivity contribution is 0.227. The van der Waals surface area contributed by atoms with Gasteiger partial charge in [0.15, 0.2) is 0 Å². The summed E-state index contributed by atoms with van der Waals surface area (Å²) in [4.78, 5) is 0. The van der Waals surface area contributed by atoms with Crippen molar-refractivity contribution in [2.75, 3.05) is 0 Å². The number of hydrogen-bond acceptors (Lipinski definition) is 0. The third kappa shape index (κ3) is 4.08. The zero-order valence-corrected chi connectivity index (χ0v) is 11.9. The van der Waals surface area contributed by atoms with Crippen LogP contribution < -0.4 is 0 Å². The number of alkyl halides is 1. The second kappa shape index (κ2) is 7.08. The fourth-order valence-corrected chi connectivity index (χ4v) is 3.63. The summed E-state index contributed by atoms with van der Waals surface area (Å²) in [7, 11) is 0. The average molecular weight is 308 g/mol. The SMILES string of the molecule is CCCC(CCC)C1CCC(I)CC1. The van der Waals surface area contributed by atoms with Crippen LogP contribution in [-0.4, -0.2) is 3.92 Å². The number of halogens is 1. The average Bonchev–Trinajstić information content (AvgIpc) is 2.19. The van der Waals surface area contributed by atoms with Gasteiger partial charge >= 0.3 is 0 Å². The van der Waals surface area contributed by atoms with Crippen LogP contribution in [0.4, 0.5) is 0 Å². The van der Waals surface area contributed by atoms with E-state index in [0.717, 1.165) is 15.8 Å². The van der Waals surface area contributed by atoms with E-state index < -0.39 is 0 Å². The maximum atomic E-state index is 2.63. The van der Waals surface area contributed by atoms with E-state index in [1.54, 1.807) is 0 Å². The first-order valence-corrected chi connectivity index (χ1v) is 7.66. The lowest BCUT2D eigenvalue weighted by Crippen LogP contribution is -2.21. The van der Waals surface area contributed by atoms with Gasteiger partial charge in [-0.05, 0) is 37.5 Å². The molecule has 1 aliphatic carbocycles. The van der Waals surface area contributed by atoms with Crippen LogP contribution in [0.15, 0.2) is 0 Å². The summed E-state index contributed by atoms with van der Waals surface area (Å²) in [6, 6.07) is 0. The fourth-order valence-electron chi connectivity index (χ4n) is 2.91. The molecule has 0 unspecified atom stereocenters. The van der Waals surface area contributed by atoms with Crippen LogP contribution in [0.2, 0.25) is 0 Å². The van der Waals surface area contributed by atoms with E-state index in [-0.39, 0.29) is 0 Å². The Hall–Kier alpha value is 0.730. The molecule has 14 heavy (non-hydrogen) atoms. The van der Waals surface area contributed by atoms with Crippen molar-refractivity contribution in [2.45, 2.75) is 69.1 Å². The molecule has 1 saturated carbocycles. The van der Waals surface area contributed by atoms with Crippen molar-refractivity contribution in [3.63, 3.8) is 0 Å². The predicted molar refractivity (Wildman–Crippen MR) is 73.1 cm³/mol. The summed E-state index contributed by atoms with van der Waals surface area (Å²) in [6.45, 7) is 4.68. The van der Waals surface area contributed by atoms with Crippen LogP contribution in [0.1, 0.15) is 65.2 Å². The minimum absolute atomic E-state index is 0.979. The van der Waals surface area contributed by atoms with Gasteiger partial charge in [-0.25, -0.2) is 0 Å². The van der Waals surface area contributed by atoms with E-state index >= 15 is 0 Å². The van der Waals surface area contributed by atoms with Gasteiger partial charge in [0, 0.05) is 3.92 Å². The standard InChI is InChI=1S/C13H25I/c1-3-5-11(6-4-2)12-7-9-13(14)10-8-12/h11-13H,3-10H2,1-2H3. The molecule has 0 aromatic rings. The largest absolute Gasteiger partial charge is 0.0826 e. The molecule has 0 atom stereocenters. The predicted octanol–water partition coefficient (Wildman–Crippen LogP) is 5.20. The normalized spacial score (nSPS) is 28.3. The van der Waals surface area contributed by atoms with Crippen LogP contribution >= 0.6 is 22.6 Å². The zero-order chi connectivity index (χ0) is 10.4. The zero-order valence-electron chi connectivity index (χ0n) is 9.77. The summed E-state index contributed by atoms with van der Waals surface area (Å²) in [5.41, 5.74) is 0. The molecule has 0 N–H and O–H groups in total. The van der Waals surface area contributed by atoms with Crippen LogP contribution in [0, 0.1) is 11.8 Å². The minimum Gasteiger partial charge on any atom is -0.0826 e. The minimum atomic E-state index is 0.979. The van der Waals surface area contributed by atoms with Crippen molar-refractivity contribution in [3.05, 3.63) is 0 Å². The van der Waals surface area contributed by atoms with Gasteiger partial charge in [0.1, 0.15) is 0 Å². The van der Waals surface area contributed by atoms with Gasteiger partial charge < -0.3 is 0 Å². The summed E-state index contributed by atoms with van der Waals surface area (Å²) >= 11 is 2.63. The highest BCUT2D eigenvalue weighted by atomic mass is 127. The summed E-state index contributed by atoms with van der Waals surface area (Å²) in [5, 5.41) is 0. The second-order valence-corrected chi connectivity index (χ2v) is 6.61. The molecule has 1 fully saturated rings. The van der Waals surface area contributed by atoms with E-state index in [1.807, 2.05) is 0 Å². The van der Waals surface area contributed by atoms with Crippen molar-refractivity contribution < 1.29 is 0 Å². The van der Waals surface area contributed by atoms with Gasteiger partial charge in [0.2, 0.25) is 0 Å². The van der Waals surface area contributed by atoms with Crippen molar-refractivity contribution in [1.29, 1.82) is 0 Å². The van der Waals surface area contributed by atoms with Gasteiger partial charge in [0.05, 0.1) is 0 Å². The van der Waals surface area contributed by atoms with Gasteiger partial charge in [0.25, 0.3) is 0 Å². The smallest absolute Gasteiger partial charge is 0.0110 e. The molecule has 0 bridgehead atoms. The molecule has 1 aliphatic rings. The first-order chi connectivity index (χ1) is 6.77. The Bertz CT molecular complexity index is 130. The molecule has 0 saturated heterocycles. The molecule has 0 nitrogen and oxygen atoms in total. The topological polar surface area (TPSA) is 0 Å². The Labute approximate surface area is 103 Å². The van der Waals surface area contributed by atoms with E-state index in [2.05, 4.69) is 36.4 Å². The van der Waals surface area contributed by atoms with Crippen molar-refractivity contribution >= 4 is 22.6 Å². The van der Waals surface area contributed by atoms with E-state index in [9.17, 15) is 0 Å². The maximum Gasteiger partial charge on any atom is 0.0110 e. The third-order valence-corrected chi connectivity index (χ3v) is 4.93. The quantitative estimate of drug-likeness (QED) is 0.484. The van der Waals surface area contributed by atoms with E-state index in [4.69, 9.17) is 0 Å². The van der Waals surface area contributed by atoms with Gasteiger partial charge in [-0.1, -0.05) is 62.1 Å². The van der Waals surface area contributed by atoms with Gasteiger partial charge in [-0.2, -0.15) is 0 Å². The van der Waals surface area contributed by atoms with Crippen molar-refractivity contribution in [1.82, 2.24) is 0 Å². The highest BCUT2D eigenvalue weighted by Crippen LogP contribution is 2.37. The van der Waals surface area contributed by atoms with E-state index in [1.165, 1.54) is 51.4 Å². The van der Waals surface area contributed by atoms with Crippen LogP contribution in [0.5, 0.6) is 0 Å². The Balaban J connectivity index is 2.34. The molecular weight excluding hydrogens is 283 g/mol. The molecule has 0 aromatic carbocycles. The monoisotopic (exact) mass is 308 g/mol. The number of rotatable bonds is 5. The summed E-state index contributed by atoms with van der Waals surface area (Å²) < 4.78 is 0.979. The Morgan fingerprint density at radius 3 is 1.93 bits per heavy atom. The molecular formula is C13H25I. The van der Waals surface area contributed by atoms with Crippen molar-refractivity contribution in [3.8, 4) is 0 Å². The summed E-state index contributed by atoms with van der Waals surface area (Å²) in [6.07, 6.45) is 11.7. The Kier molecular flexibility index (Phi) is 6.47. The van der Waals surface area contributed by atoms with Crippen LogP contribution in [-0.2, 0) is 0 Å². The fraction of sp³-hybridized carbons (Fsp3) is 1.00. The molecule has 1 heteroatoms. The molecule has 1 rings (SSSR count). The van der Waals surface area contributed by atoms with Crippen molar-refractivity contribution in [2.24, 2.45) is 11.8 Å². The van der Waals surface area contributed by atoms with Gasteiger partial charge in [-0.15, -0.1) is 0 Å². The summed E-state index contributed by atoms with van der Waals surface area (Å²) in [5.74, 6) is 2.12. The molecule has 0 aliphatic heterocycles. The lowest BCUT2D eigenvalue weighted by atomic mass is 9.76. The first-order valence-electron chi connectivity index (χ1n) is 6.42. The van der Waals surface area contributed by atoms with E-state index in [0.29, 0.717) is 0 Å². The molecule has 0 spiro atoms.